The Labute approximate surface area is 157 Å². The van der Waals surface area contributed by atoms with Crippen LogP contribution in [0.1, 0.15) is 20.9 Å². The largest absolute Gasteiger partial charge is 0.573 e. The number of aryl methyl sites for hydroxylation is 1. The number of nitrogens with two attached hydrogens (primary N) is 1. The van der Waals surface area contributed by atoms with E-state index < -0.39 is 29.5 Å². The molecule has 0 saturated carbocycles. The number of amides is 1. The van der Waals surface area contributed by atoms with Gasteiger partial charge in [-0.3, -0.25) is 4.79 Å². The van der Waals surface area contributed by atoms with Crippen LogP contribution in [0.4, 0.5) is 17.6 Å². The lowest BCUT2D eigenvalue weighted by Gasteiger charge is -2.10. The van der Waals surface area contributed by atoms with Crippen LogP contribution in [0, 0.1) is 12.7 Å². The van der Waals surface area contributed by atoms with Gasteiger partial charge in [0, 0.05) is 0 Å². The summed E-state index contributed by atoms with van der Waals surface area (Å²) in [6.45, 7) is 1.35. The number of rotatable bonds is 5. The van der Waals surface area contributed by atoms with Crippen molar-refractivity contribution in [3.05, 3.63) is 57.0 Å². The Kier molecular flexibility index (Phi) is 4.93. The van der Waals surface area contributed by atoms with E-state index in [9.17, 15) is 27.2 Å². The van der Waals surface area contributed by atoms with E-state index in [0.717, 1.165) is 39.0 Å². The molecule has 0 radical (unpaired) electrons. The van der Waals surface area contributed by atoms with E-state index >= 15 is 0 Å². The zero-order valence-electron chi connectivity index (χ0n) is 14.0. The molecule has 0 fully saturated rings. The minimum Gasteiger partial charge on any atom is -0.403 e. The maximum Gasteiger partial charge on any atom is 0.573 e. The van der Waals surface area contributed by atoms with Crippen molar-refractivity contribution in [2.75, 3.05) is 0 Å². The van der Waals surface area contributed by atoms with Crippen LogP contribution in [0.3, 0.4) is 0 Å². The monoisotopic (exact) mass is 417 g/mol. The number of carbonyl (C=O) groups is 1. The minimum atomic E-state index is -5.02. The molecular formula is C15H11F4N5O3S. The summed E-state index contributed by atoms with van der Waals surface area (Å²) in [4.78, 5) is 28.0. The van der Waals surface area contributed by atoms with Gasteiger partial charge in [0.1, 0.15) is 11.2 Å². The highest BCUT2D eigenvalue weighted by atomic mass is 32.1. The molecule has 28 heavy (non-hydrogen) atoms. The fourth-order valence-electron chi connectivity index (χ4n) is 2.31. The van der Waals surface area contributed by atoms with E-state index in [1.54, 1.807) is 6.92 Å². The molecule has 0 bridgehead atoms. The molecule has 1 aromatic carbocycles. The number of carbonyl (C=O) groups excluding carboxylic acids is 1. The van der Waals surface area contributed by atoms with Crippen LogP contribution in [0.5, 0.6) is 5.75 Å². The van der Waals surface area contributed by atoms with E-state index in [-0.39, 0.29) is 22.1 Å². The van der Waals surface area contributed by atoms with Gasteiger partial charge >= 0.3 is 12.1 Å². The number of halogens is 4. The molecule has 0 aliphatic carbocycles. The van der Waals surface area contributed by atoms with E-state index in [2.05, 4.69) is 14.8 Å². The molecule has 0 atom stereocenters. The Morgan fingerprint density at radius 3 is 2.64 bits per heavy atom. The van der Waals surface area contributed by atoms with Crippen LogP contribution in [-0.4, -0.2) is 31.6 Å². The Hall–Kier alpha value is -3.22. The van der Waals surface area contributed by atoms with E-state index in [1.165, 1.54) is 6.07 Å². The lowest BCUT2D eigenvalue weighted by molar-refractivity contribution is -0.275. The summed E-state index contributed by atoms with van der Waals surface area (Å²) in [7, 11) is 0. The molecule has 13 heteroatoms. The molecule has 2 aromatic heterocycles. The van der Waals surface area contributed by atoms with Crippen molar-refractivity contribution < 1.29 is 27.1 Å². The molecule has 0 saturated heterocycles. The van der Waals surface area contributed by atoms with Crippen molar-refractivity contribution in [2.24, 2.45) is 5.73 Å². The second kappa shape index (κ2) is 7.07. The number of hydrogen-bond donors (Lipinski definition) is 1. The van der Waals surface area contributed by atoms with Gasteiger partial charge in [-0.05, 0) is 24.6 Å². The molecule has 1 amide bonds. The number of aromatic nitrogens is 4. The van der Waals surface area contributed by atoms with Gasteiger partial charge in [0.25, 0.3) is 5.91 Å². The van der Waals surface area contributed by atoms with Crippen LogP contribution < -0.4 is 16.2 Å². The van der Waals surface area contributed by atoms with E-state index in [0.29, 0.717) is 5.69 Å². The number of primary amides is 1. The predicted molar refractivity (Wildman–Crippen MR) is 88.9 cm³/mol. The van der Waals surface area contributed by atoms with Crippen molar-refractivity contribution >= 4 is 17.2 Å². The van der Waals surface area contributed by atoms with Crippen LogP contribution >= 0.6 is 11.3 Å². The third-order valence-electron chi connectivity index (χ3n) is 3.50. The van der Waals surface area contributed by atoms with Crippen LogP contribution in [0.2, 0.25) is 0 Å². The highest BCUT2D eigenvalue weighted by molar-refractivity contribution is 7.16. The topological polar surface area (TPSA) is 105 Å². The van der Waals surface area contributed by atoms with Gasteiger partial charge in [0.2, 0.25) is 0 Å². The fraction of sp³-hybridized carbons (Fsp3) is 0.200. The van der Waals surface area contributed by atoms with Crippen LogP contribution in [-0.2, 0) is 6.54 Å². The fourth-order valence-corrected chi connectivity index (χ4v) is 3.20. The predicted octanol–water partition coefficient (Wildman–Crippen LogP) is 1.98. The molecule has 2 heterocycles. The van der Waals surface area contributed by atoms with E-state index in [4.69, 9.17) is 5.73 Å². The second-order valence-corrected chi connectivity index (χ2v) is 6.51. The Morgan fingerprint density at radius 1 is 1.36 bits per heavy atom. The van der Waals surface area contributed by atoms with Gasteiger partial charge < -0.3 is 10.5 Å². The maximum atomic E-state index is 13.8. The van der Waals surface area contributed by atoms with Crippen molar-refractivity contribution in [1.29, 1.82) is 0 Å². The standard InChI is InChI=1S/C15H11F4N5O3S/c1-7-11(12(20)25)28-13(22-7)23-6-21-24(14(23)26)5-8-2-3-10(9(16)4-8)27-15(17,18)19/h2-4,6H,5H2,1H3,(H2,20,25). The summed E-state index contributed by atoms with van der Waals surface area (Å²) in [6.07, 6.45) is -3.86. The Bertz CT molecular complexity index is 1100. The summed E-state index contributed by atoms with van der Waals surface area (Å²) in [6, 6.07) is 2.79. The lowest BCUT2D eigenvalue weighted by Crippen LogP contribution is -2.24. The van der Waals surface area contributed by atoms with Crippen LogP contribution in [0.15, 0.2) is 29.3 Å². The Balaban J connectivity index is 1.85. The highest BCUT2D eigenvalue weighted by Crippen LogP contribution is 2.26. The molecule has 8 nitrogen and oxygen atoms in total. The van der Waals surface area contributed by atoms with Gasteiger partial charge in [0.15, 0.2) is 16.7 Å². The maximum absolute atomic E-state index is 13.8. The number of ether oxygens (including phenoxy) is 1. The average Bonchev–Trinajstić information content (AvgIpc) is 3.12. The summed E-state index contributed by atoms with van der Waals surface area (Å²) in [5.74, 6) is -2.89. The third kappa shape index (κ3) is 4.03. The molecule has 148 valence electrons. The van der Waals surface area contributed by atoms with E-state index in [1.807, 2.05) is 0 Å². The van der Waals surface area contributed by atoms with Crippen LogP contribution in [0.25, 0.3) is 5.13 Å². The van der Waals surface area contributed by atoms with Crippen molar-refractivity contribution in [1.82, 2.24) is 19.3 Å². The number of benzene rings is 1. The van der Waals surface area contributed by atoms with Crippen molar-refractivity contribution in [2.45, 2.75) is 19.8 Å². The quantitative estimate of drug-likeness (QED) is 0.640. The molecule has 0 unspecified atom stereocenters. The number of alkyl halides is 3. The summed E-state index contributed by atoms with van der Waals surface area (Å²) >= 11 is 0.905. The second-order valence-electron chi connectivity index (χ2n) is 5.53. The summed E-state index contributed by atoms with van der Waals surface area (Å²) in [5.41, 5.74) is 5.13. The van der Waals surface area contributed by atoms with Crippen molar-refractivity contribution in [3.63, 3.8) is 0 Å². The van der Waals surface area contributed by atoms with Crippen molar-refractivity contribution in [3.8, 4) is 10.9 Å². The molecule has 0 spiro atoms. The first-order valence-corrected chi connectivity index (χ1v) is 8.33. The normalized spacial score (nSPS) is 11.6. The first kappa shape index (κ1) is 19.5. The highest BCUT2D eigenvalue weighted by Gasteiger charge is 2.32. The molecule has 2 N–H and O–H groups in total. The molecule has 3 aromatic rings. The number of hydrogen-bond acceptors (Lipinski definition) is 6. The van der Waals surface area contributed by atoms with Gasteiger partial charge in [-0.1, -0.05) is 17.4 Å². The summed E-state index contributed by atoms with van der Waals surface area (Å²) in [5, 5.41) is 4.04. The number of nitrogens with zero attached hydrogens (tertiary/aromatic N) is 4. The smallest absolute Gasteiger partial charge is 0.403 e. The zero-order chi connectivity index (χ0) is 20.6. The molecular weight excluding hydrogens is 406 g/mol. The number of thiazole rings is 1. The first-order valence-electron chi connectivity index (χ1n) is 7.51. The molecule has 0 aliphatic heterocycles. The third-order valence-corrected chi connectivity index (χ3v) is 4.67. The SMILES string of the molecule is Cc1nc(-n2cnn(Cc3ccc(OC(F)(F)F)c(F)c3)c2=O)sc1C(N)=O. The summed E-state index contributed by atoms with van der Waals surface area (Å²) < 4.78 is 55.9. The minimum absolute atomic E-state index is 0.169. The van der Waals surface area contributed by atoms with Gasteiger partial charge in [-0.2, -0.15) is 5.10 Å². The van der Waals surface area contributed by atoms with Gasteiger partial charge in [0.05, 0.1) is 12.2 Å². The molecule has 3 rings (SSSR count). The average molecular weight is 417 g/mol. The zero-order valence-corrected chi connectivity index (χ0v) is 14.8. The van der Waals surface area contributed by atoms with Gasteiger partial charge in [-0.25, -0.2) is 23.4 Å². The molecule has 0 aliphatic rings. The van der Waals surface area contributed by atoms with Gasteiger partial charge in [-0.15, -0.1) is 13.2 Å². The first-order chi connectivity index (χ1) is 13.0. The Morgan fingerprint density at radius 2 is 2.07 bits per heavy atom. The lowest BCUT2D eigenvalue weighted by atomic mass is 10.2.